The normalized spacial score (nSPS) is 11.8. The maximum atomic E-state index is 10.6. The summed E-state index contributed by atoms with van der Waals surface area (Å²) in [5.74, 6) is 1.10. The third-order valence-electron chi connectivity index (χ3n) is 6.50. The predicted octanol–water partition coefficient (Wildman–Crippen LogP) is 7.45. The SMILES string of the molecule is O=[PH]([O-])Oc1ccccc1-c1ccccc1.O=[PH]([O-])Oc1ccccc1-c1ccccc1.O=[PH]([O-])Oc1ccccc1-c1ccccc1.[Nd+3]. The summed E-state index contributed by atoms with van der Waals surface area (Å²) in [7, 11) is -9.65. The monoisotopic (exact) mass is 841 g/mol. The molecular formula is C36H30NdO9P3. The minimum absolute atomic E-state index is 0. The maximum Gasteiger partial charge on any atom is 3.00 e. The summed E-state index contributed by atoms with van der Waals surface area (Å²) in [5.41, 5.74) is 5.12. The minimum atomic E-state index is -3.22. The smallest absolute Gasteiger partial charge is 0.771 e. The molecule has 0 N–H and O–H groups in total. The molecule has 0 heterocycles. The standard InChI is InChI=1S/3C12H11O3P.Nd/c3*13-16(14)15-12-9-5-4-8-11(12)10-6-2-1-3-7-10;/h3*1-9,16H,(H,13,14);/q;;;+3/p-3. The van der Waals surface area contributed by atoms with Gasteiger partial charge in [0.15, 0.2) is 24.8 Å². The second kappa shape index (κ2) is 21.7. The van der Waals surface area contributed by atoms with Gasteiger partial charge < -0.3 is 28.3 Å². The van der Waals surface area contributed by atoms with E-state index in [-0.39, 0.29) is 40.8 Å². The van der Waals surface area contributed by atoms with Crippen LogP contribution in [0.25, 0.3) is 33.4 Å². The van der Waals surface area contributed by atoms with Gasteiger partial charge in [-0.15, -0.1) is 0 Å². The Hall–Kier alpha value is -3.36. The van der Waals surface area contributed by atoms with Gasteiger partial charge in [0.25, 0.3) is 0 Å². The Morgan fingerprint density at radius 1 is 0.327 bits per heavy atom. The van der Waals surface area contributed by atoms with Crippen molar-refractivity contribution in [2.75, 3.05) is 0 Å². The summed E-state index contributed by atoms with van der Waals surface area (Å²) < 4.78 is 46.2. The average molecular weight is 844 g/mol. The summed E-state index contributed by atoms with van der Waals surface area (Å²) in [6.45, 7) is 0. The predicted molar refractivity (Wildman–Crippen MR) is 185 cm³/mol. The van der Waals surface area contributed by atoms with Gasteiger partial charge >= 0.3 is 40.8 Å². The zero-order chi connectivity index (χ0) is 34.1. The van der Waals surface area contributed by atoms with Crippen molar-refractivity contribution in [2.24, 2.45) is 0 Å². The summed E-state index contributed by atoms with van der Waals surface area (Å²) in [6.07, 6.45) is 0. The Bertz CT molecular complexity index is 1720. The van der Waals surface area contributed by atoms with Gasteiger partial charge in [0.1, 0.15) is 17.2 Å². The van der Waals surface area contributed by atoms with Crippen molar-refractivity contribution in [2.45, 2.75) is 0 Å². The van der Waals surface area contributed by atoms with Crippen LogP contribution in [0.2, 0.25) is 0 Å². The van der Waals surface area contributed by atoms with Crippen LogP contribution in [0.15, 0.2) is 164 Å². The second-order valence-electron chi connectivity index (χ2n) is 9.64. The first kappa shape index (κ1) is 40.1. The van der Waals surface area contributed by atoms with Gasteiger partial charge in [-0.25, -0.2) is 0 Å². The van der Waals surface area contributed by atoms with Gasteiger partial charge in [0, 0.05) is 16.7 Å². The molecular weight excluding hydrogens is 814 g/mol. The van der Waals surface area contributed by atoms with Crippen molar-refractivity contribution < 1.29 is 82.8 Å². The van der Waals surface area contributed by atoms with Crippen LogP contribution in [0.4, 0.5) is 0 Å². The van der Waals surface area contributed by atoms with Gasteiger partial charge in [-0.2, -0.15) is 0 Å². The first-order chi connectivity index (χ1) is 23.3. The molecule has 49 heavy (non-hydrogen) atoms. The van der Waals surface area contributed by atoms with E-state index in [1.54, 1.807) is 36.4 Å². The molecule has 6 aromatic rings. The molecule has 0 bridgehead atoms. The maximum absolute atomic E-state index is 10.6. The number of para-hydroxylation sites is 3. The minimum Gasteiger partial charge on any atom is -0.771 e. The van der Waals surface area contributed by atoms with Crippen molar-refractivity contribution >= 4 is 24.8 Å². The van der Waals surface area contributed by atoms with Crippen LogP contribution < -0.4 is 28.3 Å². The Labute approximate surface area is 319 Å². The zero-order valence-electron chi connectivity index (χ0n) is 25.8. The zero-order valence-corrected chi connectivity index (χ0v) is 32.0. The molecule has 9 nitrogen and oxygen atoms in total. The summed E-state index contributed by atoms with van der Waals surface area (Å²) in [6, 6.07) is 49.7. The van der Waals surface area contributed by atoms with Crippen LogP contribution in [-0.2, 0) is 13.7 Å². The molecule has 247 valence electrons. The Kier molecular flexibility index (Phi) is 17.7. The van der Waals surface area contributed by atoms with Crippen LogP contribution in [0.1, 0.15) is 0 Å². The van der Waals surface area contributed by atoms with Crippen molar-refractivity contribution in [1.29, 1.82) is 0 Å². The van der Waals surface area contributed by atoms with Crippen LogP contribution in [0.5, 0.6) is 17.2 Å². The molecule has 3 unspecified atom stereocenters. The van der Waals surface area contributed by atoms with Gasteiger partial charge in [-0.1, -0.05) is 146 Å². The Balaban J connectivity index is 0.000000197. The molecule has 0 saturated heterocycles. The fourth-order valence-corrected chi connectivity index (χ4v) is 5.58. The largest absolute Gasteiger partial charge is 3.00 e. The van der Waals surface area contributed by atoms with E-state index in [4.69, 9.17) is 13.6 Å². The van der Waals surface area contributed by atoms with Crippen LogP contribution in [-0.4, -0.2) is 0 Å². The summed E-state index contributed by atoms with van der Waals surface area (Å²) >= 11 is 0. The quantitative estimate of drug-likeness (QED) is 0.135. The number of hydrogen-bond donors (Lipinski definition) is 0. The van der Waals surface area contributed by atoms with Crippen LogP contribution in [0.3, 0.4) is 0 Å². The van der Waals surface area contributed by atoms with E-state index in [0.29, 0.717) is 17.2 Å². The van der Waals surface area contributed by atoms with Crippen molar-refractivity contribution in [3.63, 3.8) is 0 Å². The van der Waals surface area contributed by atoms with E-state index in [1.165, 1.54) is 0 Å². The van der Waals surface area contributed by atoms with E-state index in [0.717, 1.165) is 33.4 Å². The van der Waals surface area contributed by atoms with E-state index in [1.807, 2.05) is 127 Å². The van der Waals surface area contributed by atoms with E-state index < -0.39 is 24.8 Å². The molecule has 0 aliphatic carbocycles. The fourth-order valence-electron chi connectivity index (χ4n) is 4.50. The first-order valence-electron chi connectivity index (χ1n) is 14.4. The fraction of sp³-hybridized carbons (Fsp3) is 0. The Morgan fingerprint density at radius 3 is 0.755 bits per heavy atom. The molecule has 0 spiro atoms. The van der Waals surface area contributed by atoms with E-state index in [2.05, 4.69) is 0 Å². The van der Waals surface area contributed by atoms with Gasteiger partial charge in [0.2, 0.25) is 0 Å². The van der Waals surface area contributed by atoms with E-state index >= 15 is 0 Å². The molecule has 3 atom stereocenters. The molecule has 0 saturated carbocycles. The van der Waals surface area contributed by atoms with Crippen molar-refractivity contribution in [3.8, 4) is 50.6 Å². The molecule has 13 heteroatoms. The van der Waals surface area contributed by atoms with Crippen LogP contribution in [0, 0.1) is 40.8 Å². The van der Waals surface area contributed by atoms with Crippen molar-refractivity contribution in [1.82, 2.24) is 0 Å². The first-order valence-corrected chi connectivity index (χ1v) is 18.1. The van der Waals surface area contributed by atoms with E-state index in [9.17, 15) is 28.4 Å². The molecule has 0 fully saturated rings. The molecule has 0 aliphatic rings. The molecule has 6 aromatic carbocycles. The third-order valence-corrected chi connectivity index (χ3v) is 7.66. The molecule has 6 rings (SSSR count). The van der Waals surface area contributed by atoms with Crippen LogP contribution >= 0.6 is 24.8 Å². The topological polar surface area (TPSA) is 148 Å². The molecule has 0 aliphatic heterocycles. The van der Waals surface area contributed by atoms with Gasteiger partial charge in [-0.3, -0.25) is 13.7 Å². The molecule has 0 aromatic heterocycles. The van der Waals surface area contributed by atoms with Gasteiger partial charge in [-0.05, 0) is 34.9 Å². The third kappa shape index (κ3) is 13.5. The average Bonchev–Trinajstić information content (AvgIpc) is 3.10. The summed E-state index contributed by atoms with van der Waals surface area (Å²) in [4.78, 5) is 31.8. The van der Waals surface area contributed by atoms with Crippen molar-refractivity contribution in [3.05, 3.63) is 164 Å². The molecule has 1 radical (unpaired) electrons. The van der Waals surface area contributed by atoms with Gasteiger partial charge in [0.05, 0.1) is 0 Å². The summed E-state index contributed by atoms with van der Waals surface area (Å²) in [5, 5.41) is 0. The number of benzene rings is 6. The Morgan fingerprint density at radius 2 is 0.531 bits per heavy atom. The second-order valence-corrected chi connectivity index (χ2v) is 11.8. The number of rotatable bonds is 9. The number of hydrogen-bond acceptors (Lipinski definition) is 9. The molecule has 0 amide bonds.